The molecule has 12 heavy (non-hydrogen) atoms. The van der Waals surface area contributed by atoms with Crippen LogP contribution in [-0.2, 0) is 9.47 Å². The third-order valence-corrected chi connectivity index (χ3v) is 2.07. The summed E-state index contributed by atoms with van der Waals surface area (Å²) in [6.07, 6.45) is 2.81. The van der Waals surface area contributed by atoms with Gasteiger partial charge < -0.3 is 20.3 Å². The van der Waals surface area contributed by atoms with Crippen LogP contribution >= 0.6 is 0 Å². The van der Waals surface area contributed by atoms with Crippen molar-refractivity contribution < 1.29 is 14.6 Å². The van der Waals surface area contributed by atoms with Crippen LogP contribution in [0.15, 0.2) is 0 Å². The lowest BCUT2D eigenvalue weighted by molar-refractivity contribution is -0.179. The second-order valence-corrected chi connectivity index (χ2v) is 3.02. The maximum absolute atomic E-state index is 8.69. The summed E-state index contributed by atoms with van der Waals surface area (Å²) < 4.78 is 10.6. The molecule has 3 N–H and O–H groups in total. The van der Waals surface area contributed by atoms with E-state index in [2.05, 4.69) is 0 Å². The molecule has 0 amide bonds. The second-order valence-electron chi connectivity index (χ2n) is 3.02. The Morgan fingerprint density at radius 2 is 1.92 bits per heavy atom. The van der Waals surface area contributed by atoms with Crippen LogP contribution < -0.4 is 5.73 Å². The van der Waals surface area contributed by atoms with Gasteiger partial charge in [-0.2, -0.15) is 0 Å². The first-order chi connectivity index (χ1) is 5.86. The fraction of sp³-hybridized carbons (Fsp3) is 1.00. The SMILES string of the molecule is NCCC1CC(CCO)OCO1. The third kappa shape index (κ3) is 3.06. The van der Waals surface area contributed by atoms with Crippen molar-refractivity contribution in [2.45, 2.75) is 31.5 Å². The van der Waals surface area contributed by atoms with Gasteiger partial charge in [-0.3, -0.25) is 0 Å². The molecule has 1 aliphatic rings. The number of hydrogen-bond acceptors (Lipinski definition) is 4. The predicted octanol–water partition coefficient (Wildman–Crippen LogP) is -0.151. The van der Waals surface area contributed by atoms with Gasteiger partial charge in [-0.15, -0.1) is 0 Å². The van der Waals surface area contributed by atoms with Gasteiger partial charge in [-0.1, -0.05) is 0 Å². The topological polar surface area (TPSA) is 64.7 Å². The molecule has 1 fully saturated rings. The van der Waals surface area contributed by atoms with Crippen LogP contribution in [0.1, 0.15) is 19.3 Å². The molecular weight excluding hydrogens is 158 g/mol. The molecule has 0 saturated carbocycles. The first-order valence-corrected chi connectivity index (χ1v) is 4.41. The lowest BCUT2D eigenvalue weighted by Gasteiger charge is -2.29. The summed E-state index contributed by atoms with van der Waals surface area (Å²) in [5, 5.41) is 8.69. The van der Waals surface area contributed by atoms with Crippen molar-refractivity contribution in [3.05, 3.63) is 0 Å². The summed E-state index contributed by atoms with van der Waals surface area (Å²) in [5.74, 6) is 0. The molecule has 0 radical (unpaired) electrons. The van der Waals surface area contributed by atoms with Crippen molar-refractivity contribution in [1.82, 2.24) is 0 Å². The van der Waals surface area contributed by atoms with E-state index in [1.165, 1.54) is 0 Å². The maximum Gasteiger partial charge on any atom is 0.147 e. The fourth-order valence-corrected chi connectivity index (χ4v) is 1.39. The van der Waals surface area contributed by atoms with Crippen molar-refractivity contribution >= 4 is 0 Å². The van der Waals surface area contributed by atoms with E-state index < -0.39 is 0 Å². The first-order valence-electron chi connectivity index (χ1n) is 4.41. The average Bonchev–Trinajstić information content (AvgIpc) is 2.06. The number of aliphatic hydroxyl groups excluding tert-OH is 1. The molecule has 1 heterocycles. The molecule has 1 aliphatic heterocycles. The number of aliphatic hydroxyl groups is 1. The molecule has 0 spiro atoms. The Balaban J connectivity index is 2.20. The summed E-state index contributed by atoms with van der Waals surface area (Å²) in [6.45, 7) is 1.17. The minimum atomic E-state index is 0.153. The standard InChI is InChI=1S/C8H17NO3/c9-3-1-7-5-8(2-4-10)12-6-11-7/h7-8,10H,1-6,9H2. The third-order valence-electron chi connectivity index (χ3n) is 2.07. The molecule has 1 saturated heterocycles. The minimum absolute atomic E-state index is 0.153. The first kappa shape index (κ1) is 9.92. The van der Waals surface area contributed by atoms with Gasteiger partial charge in [0.05, 0.1) is 12.2 Å². The van der Waals surface area contributed by atoms with Crippen molar-refractivity contribution in [2.24, 2.45) is 5.73 Å². The highest BCUT2D eigenvalue weighted by atomic mass is 16.7. The zero-order valence-corrected chi connectivity index (χ0v) is 7.24. The molecule has 0 aromatic carbocycles. The van der Waals surface area contributed by atoms with E-state index in [9.17, 15) is 0 Å². The van der Waals surface area contributed by atoms with E-state index in [1.807, 2.05) is 0 Å². The molecule has 0 aromatic heterocycles. The van der Waals surface area contributed by atoms with Gasteiger partial charge >= 0.3 is 0 Å². The van der Waals surface area contributed by atoms with Crippen LogP contribution in [0.25, 0.3) is 0 Å². The van der Waals surface area contributed by atoms with Crippen LogP contribution in [0.3, 0.4) is 0 Å². The highest BCUT2D eigenvalue weighted by Crippen LogP contribution is 2.17. The zero-order chi connectivity index (χ0) is 8.81. The summed E-state index contributed by atoms with van der Waals surface area (Å²) in [4.78, 5) is 0. The van der Waals surface area contributed by atoms with Crippen molar-refractivity contribution in [3.63, 3.8) is 0 Å². The quantitative estimate of drug-likeness (QED) is 0.623. The van der Waals surface area contributed by atoms with Gasteiger partial charge in [0.1, 0.15) is 6.79 Å². The minimum Gasteiger partial charge on any atom is -0.396 e. The monoisotopic (exact) mass is 175 g/mol. The van der Waals surface area contributed by atoms with E-state index >= 15 is 0 Å². The number of ether oxygens (including phenoxy) is 2. The maximum atomic E-state index is 8.69. The Labute approximate surface area is 72.6 Å². The van der Waals surface area contributed by atoms with E-state index in [0.29, 0.717) is 19.8 Å². The Kier molecular flexibility index (Phi) is 4.53. The average molecular weight is 175 g/mol. The molecule has 1 rings (SSSR count). The Hall–Kier alpha value is -0.160. The van der Waals surface area contributed by atoms with Gasteiger partial charge in [0.25, 0.3) is 0 Å². The molecular formula is C8H17NO3. The van der Waals surface area contributed by atoms with E-state index in [4.69, 9.17) is 20.3 Å². The Morgan fingerprint density at radius 1 is 1.25 bits per heavy atom. The van der Waals surface area contributed by atoms with Gasteiger partial charge in [-0.25, -0.2) is 0 Å². The molecule has 0 bridgehead atoms. The van der Waals surface area contributed by atoms with Crippen molar-refractivity contribution in [2.75, 3.05) is 19.9 Å². The second kappa shape index (κ2) is 5.48. The van der Waals surface area contributed by atoms with Crippen LogP contribution in [-0.4, -0.2) is 37.3 Å². The van der Waals surface area contributed by atoms with Gasteiger partial charge in [0.15, 0.2) is 0 Å². The van der Waals surface area contributed by atoms with Crippen LogP contribution in [0.2, 0.25) is 0 Å². The number of nitrogens with two attached hydrogens (primary N) is 1. The normalized spacial score (nSPS) is 30.5. The largest absolute Gasteiger partial charge is 0.396 e. The van der Waals surface area contributed by atoms with Crippen LogP contribution in [0.4, 0.5) is 0 Å². The van der Waals surface area contributed by atoms with Gasteiger partial charge in [0, 0.05) is 13.0 Å². The zero-order valence-electron chi connectivity index (χ0n) is 7.24. The molecule has 4 heteroatoms. The summed E-state index contributed by atoms with van der Waals surface area (Å²) >= 11 is 0. The summed E-state index contributed by atoms with van der Waals surface area (Å²) in [5.41, 5.74) is 5.41. The highest BCUT2D eigenvalue weighted by molar-refractivity contribution is 4.69. The predicted molar refractivity (Wildman–Crippen MR) is 44.6 cm³/mol. The lowest BCUT2D eigenvalue weighted by Crippen LogP contribution is -2.33. The van der Waals surface area contributed by atoms with E-state index in [-0.39, 0.29) is 18.8 Å². The lowest BCUT2D eigenvalue weighted by atomic mass is 10.1. The van der Waals surface area contributed by atoms with E-state index in [1.54, 1.807) is 0 Å². The van der Waals surface area contributed by atoms with E-state index in [0.717, 1.165) is 12.8 Å². The Morgan fingerprint density at radius 3 is 2.50 bits per heavy atom. The molecule has 0 aromatic rings. The van der Waals surface area contributed by atoms with Gasteiger partial charge in [0.2, 0.25) is 0 Å². The smallest absolute Gasteiger partial charge is 0.147 e. The molecule has 4 nitrogen and oxygen atoms in total. The van der Waals surface area contributed by atoms with Crippen molar-refractivity contribution in [3.8, 4) is 0 Å². The molecule has 2 unspecified atom stereocenters. The molecule has 2 atom stereocenters. The summed E-state index contributed by atoms with van der Waals surface area (Å²) in [6, 6.07) is 0. The Bertz CT molecular complexity index is 105. The van der Waals surface area contributed by atoms with Crippen LogP contribution in [0.5, 0.6) is 0 Å². The fourth-order valence-electron chi connectivity index (χ4n) is 1.39. The number of rotatable bonds is 4. The summed E-state index contributed by atoms with van der Waals surface area (Å²) in [7, 11) is 0. The molecule has 0 aliphatic carbocycles. The van der Waals surface area contributed by atoms with Crippen LogP contribution in [0, 0.1) is 0 Å². The molecule has 72 valence electrons. The highest BCUT2D eigenvalue weighted by Gasteiger charge is 2.21. The van der Waals surface area contributed by atoms with Gasteiger partial charge in [-0.05, 0) is 19.4 Å². The number of hydrogen-bond donors (Lipinski definition) is 2. The van der Waals surface area contributed by atoms with Crippen molar-refractivity contribution in [1.29, 1.82) is 0 Å².